The van der Waals surface area contributed by atoms with Crippen molar-refractivity contribution in [3.05, 3.63) is 23.2 Å². The molecule has 1 aromatic carbocycles. The van der Waals surface area contributed by atoms with Gasteiger partial charge in [-0.3, -0.25) is 0 Å². The van der Waals surface area contributed by atoms with E-state index in [1.807, 2.05) is 6.07 Å². The molecule has 2 rings (SSSR count). The van der Waals surface area contributed by atoms with Crippen molar-refractivity contribution in [3.63, 3.8) is 0 Å². The number of nitrogens with one attached hydrogen (secondary N) is 1. The lowest BCUT2D eigenvalue weighted by Gasteiger charge is -2.35. The van der Waals surface area contributed by atoms with Gasteiger partial charge in [0.2, 0.25) is 0 Å². The minimum Gasteiger partial charge on any atom is -0.506 e. The molecular weight excluding hydrogens is 236 g/mol. The molecule has 1 heterocycles. The molecular formula is C13H19ClN2O. The van der Waals surface area contributed by atoms with E-state index in [9.17, 15) is 5.11 Å². The van der Waals surface area contributed by atoms with Crippen LogP contribution in [0.1, 0.15) is 13.3 Å². The number of benzene rings is 1. The Morgan fingerprint density at radius 1 is 1.47 bits per heavy atom. The van der Waals surface area contributed by atoms with Crippen LogP contribution in [0, 0.1) is 5.92 Å². The van der Waals surface area contributed by atoms with Crippen molar-refractivity contribution < 1.29 is 5.11 Å². The van der Waals surface area contributed by atoms with Crippen molar-refractivity contribution in [1.82, 2.24) is 4.90 Å². The Labute approximate surface area is 107 Å². The molecule has 17 heavy (non-hydrogen) atoms. The number of anilines is 1. The maximum absolute atomic E-state index is 9.80. The van der Waals surface area contributed by atoms with Crippen LogP contribution in [0.5, 0.6) is 5.75 Å². The summed E-state index contributed by atoms with van der Waals surface area (Å²) in [5.41, 5.74) is 0.774. The van der Waals surface area contributed by atoms with Gasteiger partial charge in [-0.15, -0.1) is 0 Å². The van der Waals surface area contributed by atoms with Crippen LogP contribution in [0.4, 0.5) is 5.69 Å². The molecule has 2 N–H and O–H groups in total. The third-order valence-electron chi connectivity index (χ3n) is 3.41. The Balaban J connectivity index is 2.05. The fraction of sp³-hybridized carbons (Fsp3) is 0.538. The van der Waals surface area contributed by atoms with Gasteiger partial charge in [-0.1, -0.05) is 18.5 Å². The van der Waals surface area contributed by atoms with Crippen LogP contribution in [-0.4, -0.2) is 36.2 Å². The van der Waals surface area contributed by atoms with E-state index in [1.165, 1.54) is 0 Å². The Morgan fingerprint density at radius 2 is 2.24 bits per heavy atom. The zero-order chi connectivity index (χ0) is 12.4. The van der Waals surface area contributed by atoms with Crippen LogP contribution in [-0.2, 0) is 0 Å². The highest BCUT2D eigenvalue weighted by Gasteiger charge is 2.24. The third-order valence-corrected chi connectivity index (χ3v) is 3.64. The summed E-state index contributed by atoms with van der Waals surface area (Å²) in [7, 11) is 2.15. The molecule has 1 aliphatic heterocycles. The molecule has 0 aliphatic carbocycles. The minimum atomic E-state index is 0.226. The predicted molar refractivity (Wildman–Crippen MR) is 71.8 cm³/mol. The summed E-state index contributed by atoms with van der Waals surface area (Å²) in [5.74, 6) is 0.799. The summed E-state index contributed by atoms with van der Waals surface area (Å²) < 4.78 is 0. The molecule has 1 saturated heterocycles. The first-order valence-corrected chi connectivity index (χ1v) is 6.37. The lowest BCUT2D eigenvalue weighted by Crippen LogP contribution is -2.43. The zero-order valence-corrected chi connectivity index (χ0v) is 11.0. The molecule has 94 valence electrons. The van der Waals surface area contributed by atoms with E-state index in [1.54, 1.807) is 12.1 Å². The average Bonchev–Trinajstić information content (AvgIpc) is 2.25. The van der Waals surface area contributed by atoms with Crippen molar-refractivity contribution in [1.29, 1.82) is 0 Å². The fourth-order valence-electron chi connectivity index (χ4n) is 2.40. The van der Waals surface area contributed by atoms with Crippen molar-refractivity contribution in [3.8, 4) is 5.75 Å². The molecule has 0 saturated carbocycles. The van der Waals surface area contributed by atoms with E-state index in [0.717, 1.165) is 25.2 Å². The lowest BCUT2D eigenvalue weighted by atomic mass is 9.94. The summed E-state index contributed by atoms with van der Waals surface area (Å²) in [6.07, 6.45) is 1.10. The summed E-state index contributed by atoms with van der Waals surface area (Å²) in [6.45, 7) is 4.42. The normalized spacial score (nSPS) is 25.8. The Morgan fingerprint density at radius 3 is 2.88 bits per heavy atom. The van der Waals surface area contributed by atoms with Crippen LogP contribution in [0.15, 0.2) is 18.2 Å². The summed E-state index contributed by atoms with van der Waals surface area (Å²) in [6, 6.07) is 5.62. The van der Waals surface area contributed by atoms with Gasteiger partial charge in [0.25, 0.3) is 0 Å². The maximum atomic E-state index is 9.80. The maximum Gasteiger partial charge on any atom is 0.140 e. The second kappa shape index (κ2) is 5.15. The minimum absolute atomic E-state index is 0.226. The van der Waals surface area contributed by atoms with Gasteiger partial charge in [0.15, 0.2) is 0 Å². The lowest BCUT2D eigenvalue weighted by molar-refractivity contribution is 0.206. The van der Waals surface area contributed by atoms with Crippen LogP contribution in [0.3, 0.4) is 0 Å². The summed E-state index contributed by atoms with van der Waals surface area (Å²) in [5, 5.41) is 13.8. The molecule has 0 aromatic heterocycles. The number of phenolic OH excluding ortho intramolecular Hbond substituents is 1. The molecule has 0 radical (unpaired) electrons. The molecule has 0 unspecified atom stereocenters. The van der Waals surface area contributed by atoms with Gasteiger partial charge in [-0.25, -0.2) is 0 Å². The van der Waals surface area contributed by atoms with Gasteiger partial charge in [0.1, 0.15) is 5.75 Å². The number of hydrogen-bond donors (Lipinski definition) is 2. The molecule has 0 amide bonds. The van der Waals surface area contributed by atoms with Crippen molar-refractivity contribution in [2.45, 2.75) is 19.4 Å². The third kappa shape index (κ3) is 3.05. The highest BCUT2D eigenvalue weighted by Crippen LogP contribution is 2.29. The van der Waals surface area contributed by atoms with Crippen molar-refractivity contribution >= 4 is 17.3 Å². The van der Waals surface area contributed by atoms with E-state index in [2.05, 4.69) is 24.2 Å². The number of aromatic hydroxyl groups is 1. The van der Waals surface area contributed by atoms with Gasteiger partial charge >= 0.3 is 0 Å². The molecule has 1 aliphatic rings. The highest BCUT2D eigenvalue weighted by molar-refractivity contribution is 6.30. The molecule has 2 atom stereocenters. The second-order valence-corrected chi connectivity index (χ2v) is 5.38. The van der Waals surface area contributed by atoms with Crippen molar-refractivity contribution in [2.24, 2.45) is 5.92 Å². The van der Waals surface area contributed by atoms with E-state index < -0.39 is 0 Å². The Bertz CT molecular complexity index is 397. The SMILES string of the molecule is C[C@@H]1CN(C)CC[C@H]1Nc1ccc(Cl)cc1O. The average molecular weight is 255 g/mol. The van der Waals surface area contributed by atoms with Crippen LogP contribution >= 0.6 is 11.6 Å². The molecule has 1 fully saturated rings. The highest BCUT2D eigenvalue weighted by atomic mass is 35.5. The number of likely N-dealkylation sites (tertiary alicyclic amines) is 1. The predicted octanol–water partition coefficient (Wildman–Crippen LogP) is 2.80. The van der Waals surface area contributed by atoms with Gasteiger partial charge in [0.05, 0.1) is 5.69 Å². The topological polar surface area (TPSA) is 35.5 Å². The standard InChI is InChI=1S/C13H19ClN2O/c1-9-8-16(2)6-5-11(9)15-12-4-3-10(14)7-13(12)17/h3-4,7,9,11,15,17H,5-6,8H2,1-2H3/t9-,11-/m1/s1. The number of halogens is 1. The number of piperidine rings is 1. The first-order chi connectivity index (χ1) is 8.06. The van der Waals surface area contributed by atoms with Gasteiger partial charge < -0.3 is 15.3 Å². The van der Waals surface area contributed by atoms with E-state index >= 15 is 0 Å². The molecule has 1 aromatic rings. The quantitative estimate of drug-likeness (QED) is 0.797. The summed E-state index contributed by atoms with van der Waals surface area (Å²) in [4.78, 5) is 2.34. The first-order valence-electron chi connectivity index (χ1n) is 6.00. The van der Waals surface area contributed by atoms with Gasteiger partial charge in [-0.05, 0) is 38.1 Å². The number of rotatable bonds is 2. The first kappa shape index (κ1) is 12.5. The number of hydrogen-bond acceptors (Lipinski definition) is 3. The van der Waals surface area contributed by atoms with Crippen LogP contribution < -0.4 is 5.32 Å². The number of nitrogens with zero attached hydrogens (tertiary/aromatic N) is 1. The van der Waals surface area contributed by atoms with E-state index in [-0.39, 0.29) is 5.75 Å². The monoisotopic (exact) mass is 254 g/mol. The van der Waals surface area contributed by atoms with Gasteiger partial charge in [-0.2, -0.15) is 0 Å². The Kier molecular flexibility index (Phi) is 3.79. The molecule has 4 heteroatoms. The van der Waals surface area contributed by atoms with Crippen LogP contribution in [0.25, 0.3) is 0 Å². The Hall–Kier alpha value is -0.930. The molecule has 0 spiro atoms. The summed E-state index contributed by atoms with van der Waals surface area (Å²) >= 11 is 5.81. The largest absolute Gasteiger partial charge is 0.506 e. The zero-order valence-electron chi connectivity index (χ0n) is 10.3. The van der Waals surface area contributed by atoms with E-state index in [0.29, 0.717) is 17.0 Å². The molecule has 0 bridgehead atoms. The smallest absolute Gasteiger partial charge is 0.140 e. The second-order valence-electron chi connectivity index (χ2n) is 4.94. The van der Waals surface area contributed by atoms with Crippen molar-refractivity contribution in [2.75, 3.05) is 25.5 Å². The van der Waals surface area contributed by atoms with Crippen LogP contribution in [0.2, 0.25) is 5.02 Å². The molecule has 3 nitrogen and oxygen atoms in total. The van der Waals surface area contributed by atoms with Gasteiger partial charge in [0, 0.05) is 23.7 Å². The fourth-order valence-corrected chi connectivity index (χ4v) is 2.56. The number of phenols is 1. The van der Waals surface area contributed by atoms with E-state index in [4.69, 9.17) is 11.6 Å².